The highest BCUT2D eigenvalue weighted by molar-refractivity contribution is 5.64. The first kappa shape index (κ1) is 14.1. The Morgan fingerprint density at radius 2 is 1.95 bits per heavy atom. The zero-order chi connectivity index (χ0) is 15.2. The highest BCUT2D eigenvalue weighted by atomic mass is 19.4. The van der Waals surface area contributed by atoms with E-state index in [2.05, 4.69) is 4.98 Å². The molecular formula is C16H15F3N2. The highest BCUT2D eigenvalue weighted by Crippen LogP contribution is 2.40. The van der Waals surface area contributed by atoms with Gasteiger partial charge in [-0.3, -0.25) is 4.98 Å². The topological polar surface area (TPSA) is 38.9 Å². The van der Waals surface area contributed by atoms with E-state index in [0.717, 1.165) is 29.7 Å². The van der Waals surface area contributed by atoms with Gasteiger partial charge < -0.3 is 5.73 Å². The van der Waals surface area contributed by atoms with Crippen molar-refractivity contribution in [1.82, 2.24) is 4.98 Å². The molecule has 0 radical (unpaired) electrons. The highest BCUT2D eigenvalue weighted by Gasteiger charge is 2.35. The van der Waals surface area contributed by atoms with Crippen LogP contribution in [0.1, 0.15) is 29.0 Å². The first-order valence-electron chi connectivity index (χ1n) is 6.76. The van der Waals surface area contributed by atoms with Gasteiger partial charge in [-0.1, -0.05) is 18.2 Å². The first-order chi connectivity index (χ1) is 9.86. The van der Waals surface area contributed by atoms with E-state index in [9.17, 15) is 13.2 Å². The summed E-state index contributed by atoms with van der Waals surface area (Å²) in [6.07, 6.45) is -1.67. The Kier molecular flexibility index (Phi) is 3.24. The van der Waals surface area contributed by atoms with Crippen molar-refractivity contribution < 1.29 is 13.2 Å². The molecule has 1 saturated carbocycles. The second-order valence-corrected chi connectivity index (χ2v) is 5.52. The number of aryl methyl sites for hydroxylation is 1. The van der Waals surface area contributed by atoms with E-state index in [1.165, 1.54) is 6.07 Å². The molecule has 5 heteroatoms. The van der Waals surface area contributed by atoms with Crippen LogP contribution in [-0.2, 0) is 6.18 Å². The number of hydrogen-bond acceptors (Lipinski definition) is 2. The Morgan fingerprint density at radius 1 is 1.24 bits per heavy atom. The molecule has 1 aromatic carbocycles. The fraction of sp³-hybridized carbons (Fsp3) is 0.312. The van der Waals surface area contributed by atoms with Crippen LogP contribution in [0.15, 0.2) is 36.5 Å². The molecule has 2 atom stereocenters. The average molecular weight is 292 g/mol. The average Bonchev–Trinajstić information content (AvgIpc) is 3.15. The molecule has 2 nitrogen and oxygen atoms in total. The van der Waals surface area contributed by atoms with Crippen molar-refractivity contribution in [3.05, 3.63) is 53.2 Å². The third kappa shape index (κ3) is 2.78. The quantitative estimate of drug-likeness (QED) is 0.912. The third-order valence-corrected chi connectivity index (χ3v) is 3.83. The van der Waals surface area contributed by atoms with Crippen molar-refractivity contribution in [2.45, 2.75) is 31.5 Å². The number of aromatic nitrogens is 1. The van der Waals surface area contributed by atoms with E-state index >= 15 is 0 Å². The molecule has 1 aliphatic carbocycles. The molecule has 3 rings (SSSR count). The molecule has 0 aliphatic heterocycles. The second-order valence-electron chi connectivity index (χ2n) is 5.52. The van der Waals surface area contributed by atoms with Crippen LogP contribution in [0.4, 0.5) is 13.2 Å². The van der Waals surface area contributed by atoms with Crippen LogP contribution in [0.25, 0.3) is 11.3 Å². The number of benzene rings is 1. The lowest BCUT2D eigenvalue weighted by atomic mass is 10.0. The zero-order valence-corrected chi connectivity index (χ0v) is 11.5. The molecule has 0 unspecified atom stereocenters. The van der Waals surface area contributed by atoms with Crippen LogP contribution in [0.5, 0.6) is 0 Å². The lowest BCUT2D eigenvalue weighted by molar-refractivity contribution is -0.137. The monoisotopic (exact) mass is 292 g/mol. The van der Waals surface area contributed by atoms with Gasteiger partial charge in [-0.15, -0.1) is 0 Å². The lowest BCUT2D eigenvalue weighted by Crippen LogP contribution is -2.05. The van der Waals surface area contributed by atoms with Crippen molar-refractivity contribution >= 4 is 0 Å². The van der Waals surface area contributed by atoms with Gasteiger partial charge in [0.25, 0.3) is 0 Å². The molecule has 1 aliphatic rings. The van der Waals surface area contributed by atoms with Gasteiger partial charge in [0, 0.05) is 23.7 Å². The molecule has 1 fully saturated rings. The molecule has 110 valence electrons. The van der Waals surface area contributed by atoms with Crippen molar-refractivity contribution in [3.8, 4) is 11.3 Å². The summed E-state index contributed by atoms with van der Waals surface area (Å²) in [5.74, 6) is 0.340. The Labute approximate surface area is 120 Å². The normalized spacial score (nSPS) is 21.4. The summed E-state index contributed by atoms with van der Waals surface area (Å²) in [6.45, 7) is 1.86. The minimum atomic E-state index is -4.34. The van der Waals surface area contributed by atoms with Gasteiger partial charge in [0.2, 0.25) is 0 Å². The van der Waals surface area contributed by atoms with Gasteiger partial charge in [-0.05, 0) is 36.6 Å². The standard InChI is InChI=1S/C16H15F3N2/c1-9-5-11(13-7-14(13)20)8-21-15(9)10-3-2-4-12(6-10)16(17,18)19/h2-6,8,13-14H,7,20H2,1H3/t13-,14+/m1/s1. The summed E-state index contributed by atoms with van der Waals surface area (Å²) in [5, 5.41) is 0. The smallest absolute Gasteiger partial charge is 0.327 e. The van der Waals surface area contributed by atoms with Gasteiger partial charge in [-0.2, -0.15) is 13.2 Å². The maximum atomic E-state index is 12.8. The number of hydrogen-bond donors (Lipinski definition) is 1. The summed E-state index contributed by atoms with van der Waals surface area (Å²) >= 11 is 0. The summed E-state index contributed by atoms with van der Waals surface area (Å²) in [6, 6.07) is 7.41. The van der Waals surface area contributed by atoms with Gasteiger partial charge in [0.15, 0.2) is 0 Å². The molecule has 0 amide bonds. The number of halogens is 3. The van der Waals surface area contributed by atoms with Crippen LogP contribution in [0, 0.1) is 6.92 Å². The summed E-state index contributed by atoms with van der Waals surface area (Å²) in [5.41, 5.74) is 8.15. The zero-order valence-electron chi connectivity index (χ0n) is 11.5. The molecule has 0 spiro atoms. The summed E-state index contributed by atoms with van der Waals surface area (Å²) in [4.78, 5) is 4.34. The molecule has 1 aromatic heterocycles. The number of nitrogens with zero attached hydrogens (tertiary/aromatic N) is 1. The number of nitrogens with two attached hydrogens (primary N) is 1. The fourth-order valence-electron chi connectivity index (χ4n) is 2.54. The van der Waals surface area contributed by atoms with Gasteiger partial charge in [0.05, 0.1) is 11.3 Å². The van der Waals surface area contributed by atoms with E-state index in [1.807, 2.05) is 13.0 Å². The summed E-state index contributed by atoms with van der Waals surface area (Å²) < 4.78 is 38.3. The molecule has 2 N–H and O–H groups in total. The minimum absolute atomic E-state index is 0.186. The molecule has 1 heterocycles. The first-order valence-corrected chi connectivity index (χ1v) is 6.76. The predicted octanol–water partition coefficient (Wildman–Crippen LogP) is 3.89. The molecule has 0 saturated heterocycles. The van der Waals surface area contributed by atoms with Crippen LogP contribution in [0.3, 0.4) is 0 Å². The van der Waals surface area contributed by atoms with E-state index in [-0.39, 0.29) is 6.04 Å². The Hall–Kier alpha value is -1.88. The lowest BCUT2D eigenvalue weighted by Gasteiger charge is -2.11. The molecule has 21 heavy (non-hydrogen) atoms. The number of pyridine rings is 1. The van der Waals surface area contributed by atoms with Crippen LogP contribution >= 0.6 is 0 Å². The van der Waals surface area contributed by atoms with E-state index < -0.39 is 11.7 Å². The molecular weight excluding hydrogens is 277 g/mol. The predicted molar refractivity (Wildman–Crippen MR) is 74.7 cm³/mol. The van der Waals surface area contributed by atoms with E-state index in [0.29, 0.717) is 17.2 Å². The Morgan fingerprint density at radius 3 is 2.52 bits per heavy atom. The Bertz CT molecular complexity index is 679. The third-order valence-electron chi connectivity index (χ3n) is 3.83. The van der Waals surface area contributed by atoms with Gasteiger partial charge in [-0.25, -0.2) is 0 Å². The van der Waals surface area contributed by atoms with E-state index in [4.69, 9.17) is 5.73 Å². The van der Waals surface area contributed by atoms with Crippen LogP contribution in [-0.4, -0.2) is 11.0 Å². The van der Waals surface area contributed by atoms with Crippen LogP contribution < -0.4 is 5.73 Å². The largest absolute Gasteiger partial charge is 0.416 e. The number of alkyl halides is 3. The van der Waals surface area contributed by atoms with Crippen molar-refractivity contribution in [3.63, 3.8) is 0 Å². The van der Waals surface area contributed by atoms with E-state index in [1.54, 1.807) is 12.3 Å². The van der Waals surface area contributed by atoms with Crippen LogP contribution in [0.2, 0.25) is 0 Å². The van der Waals surface area contributed by atoms with Gasteiger partial charge in [0.1, 0.15) is 0 Å². The maximum Gasteiger partial charge on any atom is 0.416 e. The fourth-order valence-corrected chi connectivity index (χ4v) is 2.54. The number of rotatable bonds is 2. The summed E-state index contributed by atoms with van der Waals surface area (Å²) in [7, 11) is 0. The van der Waals surface area contributed by atoms with Gasteiger partial charge >= 0.3 is 6.18 Å². The van der Waals surface area contributed by atoms with Crippen molar-refractivity contribution in [2.75, 3.05) is 0 Å². The minimum Gasteiger partial charge on any atom is -0.327 e. The maximum absolute atomic E-state index is 12.8. The molecule has 0 bridgehead atoms. The van der Waals surface area contributed by atoms with Crippen molar-refractivity contribution in [2.24, 2.45) is 5.73 Å². The molecule has 2 aromatic rings. The SMILES string of the molecule is Cc1cc([C@H]2C[C@@H]2N)cnc1-c1cccc(C(F)(F)F)c1. The van der Waals surface area contributed by atoms with Crippen molar-refractivity contribution in [1.29, 1.82) is 0 Å². The second kappa shape index (κ2) is 4.84. The Balaban J connectivity index is 1.97.